The number of nitrogens with zero attached hydrogens (tertiary/aromatic N) is 2. The smallest absolute Gasteiger partial charge is 0.144 e. The minimum Gasteiger partial charge on any atom is -0.497 e. The quantitative estimate of drug-likeness (QED) is 0.712. The lowest BCUT2D eigenvalue weighted by Crippen LogP contribution is -1.82. The van der Waals surface area contributed by atoms with Gasteiger partial charge in [0.15, 0.2) is 0 Å². The van der Waals surface area contributed by atoms with E-state index < -0.39 is 0 Å². The van der Waals surface area contributed by atoms with Crippen LogP contribution in [-0.4, -0.2) is 17.1 Å². The fraction of sp³-hybridized carbons (Fsp3) is 0.0769. The number of hydrogen-bond acceptors (Lipinski definition) is 4. The maximum absolute atomic E-state index is 5.21. The normalized spacial score (nSPS) is 10.8. The number of benzene rings is 1. The van der Waals surface area contributed by atoms with Gasteiger partial charge in [-0.3, -0.25) is 4.98 Å². The maximum Gasteiger partial charge on any atom is 0.144 e. The summed E-state index contributed by atoms with van der Waals surface area (Å²) in [5, 5.41) is 0.908. The Morgan fingerprint density at radius 1 is 1.28 bits per heavy atom. The topological polar surface area (TPSA) is 35.0 Å². The van der Waals surface area contributed by atoms with Gasteiger partial charge in [-0.2, -0.15) is 0 Å². The van der Waals surface area contributed by atoms with Gasteiger partial charge in [0, 0.05) is 10.7 Å². The molecule has 0 aliphatic carbocycles. The molecule has 0 aliphatic rings. The van der Waals surface area contributed by atoms with E-state index in [1.54, 1.807) is 24.6 Å². The van der Waals surface area contributed by atoms with Crippen molar-refractivity contribution < 1.29 is 4.74 Å². The Hall–Kier alpha value is -1.46. The van der Waals surface area contributed by atoms with Gasteiger partial charge in [-0.05, 0) is 46.3 Å². The molecule has 0 unspecified atom stereocenters. The van der Waals surface area contributed by atoms with Gasteiger partial charge in [-0.25, -0.2) is 4.98 Å². The number of aromatic nitrogens is 2. The zero-order valence-electron chi connectivity index (χ0n) is 9.55. The van der Waals surface area contributed by atoms with E-state index in [4.69, 9.17) is 4.74 Å². The number of hydrogen-bond donors (Lipinski definition) is 0. The van der Waals surface area contributed by atoms with Gasteiger partial charge in [0.25, 0.3) is 0 Å². The highest BCUT2D eigenvalue weighted by Crippen LogP contribution is 2.34. The molecular formula is C13H9BrN2OS. The molecule has 0 saturated carbocycles. The lowest BCUT2D eigenvalue weighted by Gasteiger charge is -1.96. The first kappa shape index (κ1) is 11.6. The molecule has 0 radical (unpaired) electrons. The van der Waals surface area contributed by atoms with Crippen LogP contribution in [0.3, 0.4) is 0 Å². The van der Waals surface area contributed by atoms with E-state index in [0.717, 1.165) is 31.1 Å². The van der Waals surface area contributed by atoms with Crippen LogP contribution in [0, 0.1) is 0 Å². The second-order valence-electron chi connectivity index (χ2n) is 3.69. The summed E-state index contributed by atoms with van der Waals surface area (Å²) in [5.41, 5.74) is 1.84. The van der Waals surface area contributed by atoms with Crippen LogP contribution in [0.2, 0.25) is 0 Å². The third-order valence-corrected chi connectivity index (χ3v) is 4.22. The van der Waals surface area contributed by atoms with Crippen LogP contribution >= 0.6 is 27.3 Å². The van der Waals surface area contributed by atoms with E-state index in [1.165, 1.54) is 0 Å². The standard InChI is InChI=1S/C13H9BrN2OS/c1-17-8-4-5-10-11(7-8)18-13(16-10)12-9(14)3-2-6-15-12/h2-7H,1H3. The van der Waals surface area contributed by atoms with Crippen molar-refractivity contribution in [2.75, 3.05) is 7.11 Å². The molecule has 0 amide bonds. The molecular weight excluding hydrogens is 312 g/mol. The Kier molecular flexibility index (Phi) is 3.01. The number of rotatable bonds is 2. The fourth-order valence-corrected chi connectivity index (χ4v) is 3.26. The molecule has 3 aromatic rings. The first-order valence-electron chi connectivity index (χ1n) is 5.33. The maximum atomic E-state index is 5.21. The average molecular weight is 321 g/mol. The highest BCUT2D eigenvalue weighted by Gasteiger charge is 2.10. The number of pyridine rings is 1. The summed E-state index contributed by atoms with van der Waals surface area (Å²) in [6.45, 7) is 0. The molecule has 0 saturated heterocycles. The minimum atomic E-state index is 0.845. The van der Waals surface area contributed by atoms with Crippen LogP contribution in [0.1, 0.15) is 0 Å². The van der Waals surface area contributed by atoms with Crippen molar-refractivity contribution in [3.63, 3.8) is 0 Å². The van der Waals surface area contributed by atoms with Gasteiger partial charge in [0.2, 0.25) is 0 Å². The van der Waals surface area contributed by atoms with Crippen molar-refractivity contribution >= 4 is 37.5 Å². The monoisotopic (exact) mass is 320 g/mol. The summed E-state index contributed by atoms with van der Waals surface area (Å²) >= 11 is 5.11. The lowest BCUT2D eigenvalue weighted by molar-refractivity contribution is 0.415. The van der Waals surface area contributed by atoms with E-state index in [2.05, 4.69) is 25.9 Å². The summed E-state index contributed by atoms with van der Waals surface area (Å²) in [6, 6.07) is 9.73. The van der Waals surface area contributed by atoms with Crippen molar-refractivity contribution in [3.05, 3.63) is 41.0 Å². The molecule has 0 bridgehead atoms. The summed E-state index contributed by atoms with van der Waals surface area (Å²) in [5.74, 6) is 0.845. The van der Waals surface area contributed by atoms with Gasteiger partial charge < -0.3 is 4.74 Å². The van der Waals surface area contributed by atoms with E-state index in [-0.39, 0.29) is 0 Å². The van der Waals surface area contributed by atoms with Crippen molar-refractivity contribution in [1.29, 1.82) is 0 Å². The van der Waals surface area contributed by atoms with Crippen LogP contribution < -0.4 is 4.74 Å². The van der Waals surface area contributed by atoms with E-state index in [9.17, 15) is 0 Å². The molecule has 0 fully saturated rings. The largest absolute Gasteiger partial charge is 0.497 e. The first-order chi connectivity index (χ1) is 8.78. The second kappa shape index (κ2) is 4.66. The number of ether oxygens (including phenoxy) is 1. The highest BCUT2D eigenvalue weighted by atomic mass is 79.9. The summed E-state index contributed by atoms with van der Waals surface area (Å²) in [7, 11) is 1.67. The van der Waals surface area contributed by atoms with Crippen LogP contribution in [0.15, 0.2) is 41.0 Å². The van der Waals surface area contributed by atoms with Crippen LogP contribution in [-0.2, 0) is 0 Å². The minimum absolute atomic E-state index is 0.845. The Bertz CT molecular complexity index is 711. The van der Waals surface area contributed by atoms with Crippen molar-refractivity contribution in [3.8, 4) is 16.5 Å². The molecule has 18 heavy (non-hydrogen) atoms. The molecule has 5 heteroatoms. The molecule has 1 aromatic carbocycles. The van der Waals surface area contributed by atoms with Crippen molar-refractivity contribution in [2.24, 2.45) is 0 Å². The van der Waals surface area contributed by atoms with Gasteiger partial charge in [-0.15, -0.1) is 11.3 Å². The number of halogens is 1. The van der Waals surface area contributed by atoms with Gasteiger partial charge in [0.1, 0.15) is 16.5 Å². The molecule has 0 aliphatic heterocycles. The zero-order valence-corrected chi connectivity index (χ0v) is 12.0. The fourth-order valence-electron chi connectivity index (χ4n) is 1.68. The third kappa shape index (κ3) is 2.00. The molecule has 0 spiro atoms. The summed E-state index contributed by atoms with van der Waals surface area (Å²) in [6.07, 6.45) is 1.77. The van der Waals surface area contributed by atoms with Crippen LogP contribution in [0.4, 0.5) is 0 Å². The predicted octanol–water partition coefficient (Wildman–Crippen LogP) is 4.13. The van der Waals surface area contributed by atoms with Gasteiger partial charge in [-0.1, -0.05) is 0 Å². The molecule has 0 atom stereocenters. The molecule has 2 heterocycles. The van der Waals surface area contributed by atoms with Gasteiger partial charge in [0.05, 0.1) is 17.3 Å². The van der Waals surface area contributed by atoms with E-state index in [1.807, 2.05) is 30.3 Å². The summed E-state index contributed by atoms with van der Waals surface area (Å²) < 4.78 is 7.27. The lowest BCUT2D eigenvalue weighted by atomic mass is 10.3. The SMILES string of the molecule is COc1ccc2nc(-c3ncccc3Br)sc2c1. The Morgan fingerprint density at radius 3 is 2.94 bits per heavy atom. The number of methoxy groups -OCH3 is 1. The van der Waals surface area contributed by atoms with Crippen molar-refractivity contribution in [1.82, 2.24) is 9.97 Å². The second-order valence-corrected chi connectivity index (χ2v) is 5.57. The number of thiazole rings is 1. The average Bonchev–Trinajstić information content (AvgIpc) is 2.81. The molecule has 3 nitrogen and oxygen atoms in total. The van der Waals surface area contributed by atoms with Crippen LogP contribution in [0.25, 0.3) is 20.9 Å². The highest BCUT2D eigenvalue weighted by molar-refractivity contribution is 9.10. The van der Waals surface area contributed by atoms with E-state index >= 15 is 0 Å². The first-order valence-corrected chi connectivity index (χ1v) is 6.94. The van der Waals surface area contributed by atoms with E-state index in [0.29, 0.717) is 0 Å². The Morgan fingerprint density at radius 2 is 2.17 bits per heavy atom. The van der Waals surface area contributed by atoms with Crippen LogP contribution in [0.5, 0.6) is 5.75 Å². The molecule has 2 aromatic heterocycles. The molecule has 90 valence electrons. The predicted molar refractivity (Wildman–Crippen MR) is 77.1 cm³/mol. The third-order valence-electron chi connectivity index (χ3n) is 2.56. The molecule has 0 N–H and O–H groups in total. The summed E-state index contributed by atoms with van der Waals surface area (Å²) in [4.78, 5) is 8.95. The Labute approximate surface area is 117 Å². The number of fused-ring (bicyclic) bond motifs is 1. The Balaban J connectivity index is 2.17. The van der Waals surface area contributed by atoms with Crippen molar-refractivity contribution in [2.45, 2.75) is 0 Å². The van der Waals surface area contributed by atoms with Gasteiger partial charge >= 0.3 is 0 Å². The zero-order chi connectivity index (χ0) is 12.5. The molecule has 3 rings (SSSR count).